The molecule has 12 heavy (non-hydrogen) atoms. The molecule has 0 saturated carbocycles. The van der Waals surface area contributed by atoms with Crippen LogP contribution >= 0.6 is 11.6 Å². The van der Waals surface area contributed by atoms with Crippen molar-refractivity contribution in [3.63, 3.8) is 0 Å². The van der Waals surface area contributed by atoms with Crippen molar-refractivity contribution in [2.75, 3.05) is 0 Å². The highest BCUT2D eigenvalue weighted by Crippen LogP contribution is 2.18. The van der Waals surface area contributed by atoms with Crippen LogP contribution in [-0.2, 0) is 6.42 Å². The maximum absolute atomic E-state index is 5.96. The molecule has 1 atom stereocenters. The lowest BCUT2D eigenvalue weighted by molar-refractivity contribution is 0.807. The van der Waals surface area contributed by atoms with Crippen molar-refractivity contribution in [3.05, 3.63) is 28.5 Å². The molecule has 2 N–H and O–H groups in total. The topological polar surface area (TPSA) is 38.9 Å². The van der Waals surface area contributed by atoms with Crippen molar-refractivity contribution in [2.45, 2.75) is 26.3 Å². The Labute approximate surface area is 77.8 Å². The van der Waals surface area contributed by atoms with Crippen LogP contribution in [0, 0.1) is 0 Å². The summed E-state index contributed by atoms with van der Waals surface area (Å²) in [6.07, 6.45) is 2.65. The normalized spacial score (nSPS) is 13.0. The molecule has 3 heteroatoms. The van der Waals surface area contributed by atoms with Crippen LogP contribution in [0.1, 0.15) is 31.1 Å². The molecule has 1 aromatic rings. The number of hydrogen-bond donors (Lipinski definition) is 1. The first-order valence-corrected chi connectivity index (χ1v) is 4.42. The highest BCUT2D eigenvalue weighted by Gasteiger charge is 2.04. The number of nitrogens with zero attached hydrogens (tertiary/aromatic N) is 1. The van der Waals surface area contributed by atoms with E-state index in [0.29, 0.717) is 5.02 Å². The van der Waals surface area contributed by atoms with E-state index in [1.807, 2.05) is 19.9 Å². The molecular weight excluding hydrogens is 172 g/mol. The van der Waals surface area contributed by atoms with Crippen LogP contribution in [0.5, 0.6) is 0 Å². The van der Waals surface area contributed by atoms with Crippen LogP contribution in [0.2, 0.25) is 5.02 Å². The number of aromatic nitrogens is 1. The van der Waals surface area contributed by atoms with Crippen LogP contribution in [0.25, 0.3) is 0 Å². The Hall–Kier alpha value is -0.600. The molecule has 2 nitrogen and oxygen atoms in total. The predicted octanol–water partition coefficient (Wildman–Crippen LogP) is 2.32. The van der Waals surface area contributed by atoms with Gasteiger partial charge >= 0.3 is 0 Å². The highest BCUT2D eigenvalue weighted by atomic mass is 35.5. The standard InChI is InChI=1S/C9H13ClN2/c1-3-9-8(10)4-7(5-12-9)6(2)11/h4-6H,3,11H2,1-2H3. The first-order valence-electron chi connectivity index (χ1n) is 4.05. The zero-order valence-corrected chi connectivity index (χ0v) is 8.10. The number of rotatable bonds is 2. The lowest BCUT2D eigenvalue weighted by Crippen LogP contribution is -2.06. The lowest BCUT2D eigenvalue weighted by Gasteiger charge is -2.06. The number of hydrogen-bond acceptors (Lipinski definition) is 2. The minimum atomic E-state index is 0.000839. The highest BCUT2D eigenvalue weighted by molar-refractivity contribution is 6.31. The third-order valence-electron chi connectivity index (χ3n) is 1.80. The first-order chi connectivity index (χ1) is 5.65. The minimum Gasteiger partial charge on any atom is -0.324 e. The summed E-state index contributed by atoms with van der Waals surface area (Å²) < 4.78 is 0. The van der Waals surface area contributed by atoms with Gasteiger partial charge in [-0.15, -0.1) is 0 Å². The summed E-state index contributed by atoms with van der Waals surface area (Å²) in [4.78, 5) is 4.21. The molecule has 0 fully saturated rings. The van der Waals surface area contributed by atoms with Gasteiger partial charge in [0.25, 0.3) is 0 Å². The number of aryl methyl sites for hydroxylation is 1. The molecule has 0 bridgehead atoms. The van der Waals surface area contributed by atoms with Gasteiger partial charge in [-0.25, -0.2) is 0 Å². The SMILES string of the molecule is CCc1ncc(C(C)N)cc1Cl. The third kappa shape index (κ3) is 1.96. The molecule has 66 valence electrons. The van der Waals surface area contributed by atoms with Gasteiger partial charge in [-0.3, -0.25) is 4.98 Å². The molecule has 1 unspecified atom stereocenters. The van der Waals surface area contributed by atoms with Gasteiger partial charge in [0.1, 0.15) is 0 Å². The van der Waals surface area contributed by atoms with Crippen molar-refractivity contribution in [1.82, 2.24) is 4.98 Å². The maximum Gasteiger partial charge on any atom is 0.0624 e. The molecule has 0 spiro atoms. The molecule has 0 amide bonds. The Balaban J connectivity index is 3.02. The van der Waals surface area contributed by atoms with Gasteiger partial charge in [-0.1, -0.05) is 18.5 Å². The molecule has 1 aromatic heterocycles. The molecule has 0 aliphatic heterocycles. The second-order valence-corrected chi connectivity index (χ2v) is 3.25. The van der Waals surface area contributed by atoms with Crippen molar-refractivity contribution in [1.29, 1.82) is 0 Å². The molecule has 0 saturated heterocycles. The van der Waals surface area contributed by atoms with E-state index in [1.54, 1.807) is 6.20 Å². The minimum absolute atomic E-state index is 0.000839. The van der Waals surface area contributed by atoms with E-state index in [4.69, 9.17) is 17.3 Å². The number of pyridine rings is 1. The lowest BCUT2D eigenvalue weighted by atomic mass is 10.1. The second-order valence-electron chi connectivity index (χ2n) is 2.84. The summed E-state index contributed by atoms with van der Waals surface area (Å²) in [6, 6.07) is 1.89. The maximum atomic E-state index is 5.96. The molecule has 0 radical (unpaired) electrons. The molecule has 0 aliphatic carbocycles. The Bertz CT molecular complexity index is 271. The van der Waals surface area contributed by atoms with E-state index in [-0.39, 0.29) is 6.04 Å². The molecule has 1 heterocycles. The van der Waals surface area contributed by atoms with E-state index in [1.165, 1.54) is 0 Å². The van der Waals surface area contributed by atoms with E-state index in [0.717, 1.165) is 17.7 Å². The fourth-order valence-corrected chi connectivity index (χ4v) is 1.30. The van der Waals surface area contributed by atoms with Gasteiger partial charge in [0.2, 0.25) is 0 Å². The van der Waals surface area contributed by atoms with Gasteiger partial charge in [-0.2, -0.15) is 0 Å². The van der Waals surface area contributed by atoms with Crippen molar-refractivity contribution < 1.29 is 0 Å². The van der Waals surface area contributed by atoms with Crippen LogP contribution < -0.4 is 5.73 Å². The smallest absolute Gasteiger partial charge is 0.0624 e. The summed E-state index contributed by atoms with van der Waals surface area (Å²) in [5, 5.41) is 0.715. The Morgan fingerprint density at radius 2 is 2.33 bits per heavy atom. The van der Waals surface area contributed by atoms with Crippen LogP contribution in [-0.4, -0.2) is 4.98 Å². The summed E-state index contributed by atoms with van der Waals surface area (Å²) in [7, 11) is 0. The zero-order valence-electron chi connectivity index (χ0n) is 7.34. The third-order valence-corrected chi connectivity index (χ3v) is 2.13. The first kappa shape index (κ1) is 9.49. The van der Waals surface area contributed by atoms with Crippen molar-refractivity contribution in [3.8, 4) is 0 Å². The van der Waals surface area contributed by atoms with Gasteiger partial charge in [0.05, 0.1) is 10.7 Å². The number of halogens is 1. The van der Waals surface area contributed by atoms with Gasteiger partial charge in [-0.05, 0) is 25.0 Å². The van der Waals surface area contributed by atoms with Crippen LogP contribution in [0.3, 0.4) is 0 Å². The quantitative estimate of drug-likeness (QED) is 0.766. The molecule has 1 rings (SSSR count). The average molecular weight is 185 g/mol. The molecular formula is C9H13ClN2. The van der Waals surface area contributed by atoms with E-state index in [2.05, 4.69) is 4.98 Å². The fraction of sp³-hybridized carbons (Fsp3) is 0.444. The van der Waals surface area contributed by atoms with E-state index >= 15 is 0 Å². The monoisotopic (exact) mass is 184 g/mol. The molecule has 0 aromatic carbocycles. The van der Waals surface area contributed by atoms with Crippen molar-refractivity contribution in [2.24, 2.45) is 5.73 Å². The Kier molecular flexibility index (Phi) is 3.06. The fourth-order valence-electron chi connectivity index (χ4n) is 0.990. The predicted molar refractivity (Wildman–Crippen MR) is 51.2 cm³/mol. The summed E-state index contributed by atoms with van der Waals surface area (Å²) in [5.41, 5.74) is 7.59. The summed E-state index contributed by atoms with van der Waals surface area (Å²) in [6.45, 7) is 3.94. The molecule has 0 aliphatic rings. The summed E-state index contributed by atoms with van der Waals surface area (Å²) in [5.74, 6) is 0. The van der Waals surface area contributed by atoms with Gasteiger partial charge in [0.15, 0.2) is 0 Å². The van der Waals surface area contributed by atoms with E-state index in [9.17, 15) is 0 Å². The van der Waals surface area contributed by atoms with Crippen LogP contribution in [0.4, 0.5) is 0 Å². The van der Waals surface area contributed by atoms with Crippen molar-refractivity contribution >= 4 is 11.6 Å². The largest absolute Gasteiger partial charge is 0.324 e. The average Bonchev–Trinajstić information content (AvgIpc) is 2.04. The van der Waals surface area contributed by atoms with Crippen LogP contribution in [0.15, 0.2) is 12.3 Å². The van der Waals surface area contributed by atoms with E-state index < -0.39 is 0 Å². The second kappa shape index (κ2) is 3.87. The Morgan fingerprint density at radius 3 is 2.75 bits per heavy atom. The number of nitrogens with two attached hydrogens (primary N) is 1. The van der Waals surface area contributed by atoms with Gasteiger partial charge < -0.3 is 5.73 Å². The van der Waals surface area contributed by atoms with Gasteiger partial charge in [0, 0.05) is 12.2 Å². The zero-order chi connectivity index (χ0) is 9.14. The summed E-state index contributed by atoms with van der Waals surface area (Å²) >= 11 is 5.96. The Morgan fingerprint density at radius 1 is 1.67 bits per heavy atom.